The molecule has 2 heterocycles. The number of fused-ring (bicyclic) bond motifs is 1. The summed E-state index contributed by atoms with van der Waals surface area (Å²) in [6, 6.07) is 12.0. The molecule has 1 aliphatic heterocycles. The van der Waals surface area contributed by atoms with Gasteiger partial charge in [-0.05, 0) is 43.3 Å². The van der Waals surface area contributed by atoms with Crippen molar-refractivity contribution in [3.05, 3.63) is 52.1 Å². The predicted molar refractivity (Wildman–Crippen MR) is 86.4 cm³/mol. The molecule has 20 heavy (non-hydrogen) atoms. The number of pyridine rings is 1. The number of hydrogen-bond donors (Lipinski definition) is 2. The molecule has 0 saturated heterocycles. The summed E-state index contributed by atoms with van der Waals surface area (Å²) < 4.78 is 1.06. The molecule has 0 aliphatic carbocycles. The van der Waals surface area contributed by atoms with Crippen molar-refractivity contribution in [1.82, 2.24) is 4.98 Å². The lowest BCUT2D eigenvalue weighted by molar-refractivity contribution is 1.02. The molecule has 5 heteroatoms. The Bertz CT molecular complexity index is 649. The van der Waals surface area contributed by atoms with E-state index in [9.17, 15) is 0 Å². The second-order valence-electron chi connectivity index (χ2n) is 4.70. The van der Waals surface area contributed by atoms with E-state index in [1.54, 1.807) is 0 Å². The molecule has 2 aromatic rings. The quantitative estimate of drug-likeness (QED) is 0.824. The van der Waals surface area contributed by atoms with Gasteiger partial charge in [0.2, 0.25) is 0 Å². The average molecular weight is 331 g/mol. The fourth-order valence-electron chi connectivity index (χ4n) is 2.13. The topological polar surface area (TPSA) is 49.3 Å². The van der Waals surface area contributed by atoms with Crippen molar-refractivity contribution in [2.24, 2.45) is 5.10 Å². The number of hydrazone groups is 1. The molecule has 0 saturated carbocycles. The molecule has 1 aliphatic rings. The molecule has 0 unspecified atom stereocenters. The molecule has 0 bridgehead atoms. The van der Waals surface area contributed by atoms with E-state index in [2.05, 4.69) is 42.8 Å². The Hall–Kier alpha value is -1.88. The first kappa shape index (κ1) is 13.1. The van der Waals surface area contributed by atoms with Crippen molar-refractivity contribution in [3.63, 3.8) is 0 Å². The van der Waals surface area contributed by atoms with E-state index in [4.69, 9.17) is 0 Å². The van der Waals surface area contributed by atoms with E-state index in [1.165, 1.54) is 0 Å². The van der Waals surface area contributed by atoms with Crippen LogP contribution in [0.3, 0.4) is 0 Å². The van der Waals surface area contributed by atoms with Gasteiger partial charge in [0.05, 0.1) is 11.4 Å². The first-order valence-electron chi connectivity index (χ1n) is 6.52. The van der Waals surface area contributed by atoms with Crippen LogP contribution >= 0.6 is 15.9 Å². The number of nitrogens with one attached hydrogen (secondary N) is 2. The highest BCUT2D eigenvalue weighted by molar-refractivity contribution is 9.10. The third kappa shape index (κ3) is 2.82. The molecule has 102 valence electrons. The van der Waals surface area contributed by atoms with Gasteiger partial charge in [0.25, 0.3) is 0 Å². The summed E-state index contributed by atoms with van der Waals surface area (Å²) in [6.45, 7) is 2.86. The summed E-state index contributed by atoms with van der Waals surface area (Å²) in [5, 5.41) is 7.84. The summed E-state index contributed by atoms with van der Waals surface area (Å²) in [4.78, 5) is 4.50. The van der Waals surface area contributed by atoms with E-state index in [0.29, 0.717) is 0 Å². The summed E-state index contributed by atoms with van der Waals surface area (Å²) in [5.41, 5.74) is 7.21. The molecule has 1 aromatic carbocycles. The zero-order valence-electron chi connectivity index (χ0n) is 11.2. The zero-order valence-corrected chi connectivity index (χ0v) is 12.7. The molecular formula is C15H15BrN4. The Morgan fingerprint density at radius 3 is 2.80 bits per heavy atom. The van der Waals surface area contributed by atoms with Crippen LogP contribution in [0, 0.1) is 6.92 Å². The van der Waals surface area contributed by atoms with Gasteiger partial charge in [0.15, 0.2) is 0 Å². The monoisotopic (exact) mass is 330 g/mol. The van der Waals surface area contributed by atoms with Crippen LogP contribution in [0.1, 0.15) is 17.7 Å². The average Bonchev–Trinajstić information content (AvgIpc) is 2.46. The Morgan fingerprint density at radius 2 is 2.00 bits per heavy atom. The Balaban J connectivity index is 1.84. The third-order valence-corrected chi connectivity index (χ3v) is 3.69. The number of anilines is 2. The van der Waals surface area contributed by atoms with Crippen LogP contribution in [-0.2, 0) is 0 Å². The molecule has 0 radical (unpaired) electrons. The van der Waals surface area contributed by atoms with Crippen LogP contribution in [-0.4, -0.2) is 17.2 Å². The first-order valence-corrected chi connectivity index (χ1v) is 7.32. The minimum atomic E-state index is 0.865. The van der Waals surface area contributed by atoms with Crippen LogP contribution in [0.2, 0.25) is 0 Å². The second-order valence-corrected chi connectivity index (χ2v) is 5.62. The summed E-state index contributed by atoms with van der Waals surface area (Å²) in [5.74, 6) is 0.924. The molecule has 1 aromatic heterocycles. The number of aryl methyl sites for hydroxylation is 1. The van der Waals surface area contributed by atoms with Crippen molar-refractivity contribution in [3.8, 4) is 0 Å². The van der Waals surface area contributed by atoms with Gasteiger partial charge >= 0.3 is 0 Å². The minimum absolute atomic E-state index is 0.865. The molecule has 0 spiro atoms. The van der Waals surface area contributed by atoms with Crippen molar-refractivity contribution in [2.75, 3.05) is 17.3 Å². The molecular weight excluding hydrogens is 316 g/mol. The van der Waals surface area contributed by atoms with Crippen LogP contribution in [0.4, 0.5) is 11.5 Å². The van der Waals surface area contributed by atoms with E-state index in [1.807, 2.05) is 37.3 Å². The van der Waals surface area contributed by atoms with E-state index >= 15 is 0 Å². The van der Waals surface area contributed by atoms with Gasteiger partial charge in [-0.1, -0.05) is 15.9 Å². The summed E-state index contributed by atoms with van der Waals surface area (Å²) in [7, 11) is 0. The number of benzene rings is 1. The van der Waals surface area contributed by atoms with Gasteiger partial charge in [-0.2, -0.15) is 5.10 Å². The largest absolute Gasteiger partial charge is 0.369 e. The maximum absolute atomic E-state index is 4.53. The first-order chi connectivity index (χ1) is 9.72. The van der Waals surface area contributed by atoms with Crippen LogP contribution < -0.4 is 10.7 Å². The lowest BCUT2D eigenvalue weighted by Crippen LogP contribution is -2.21. The van der Waals surface area contributed by atoms with Gasteiger partial charge in [0.1, 0.15) is 5.82 Å². The molecule has 0 amide bonds. The number of nitrogens with zero attached hydrogens (tertiary/aromatic N) is 2. The Kier molecular flexibility index (Phi) is 3.69. The molecule has 0 fully saturated rings. The highest BCUT2D eigenvalue weighted by Gasteiger charge is 2.16. The van der Waals surface area contributed by atoms with E-state index in [-0.39, 0.29) is 0 Å². The van der Waals surface area contributed by atoms with Gasteiger partial charge in [-0.3, -0.25) is 5.43 Å². The predicted octanol–water partition coefficient (Wildman–Crippen LogP) is 3.78. The van der Waals surface area contributed by atoms with E-state index < -0.39 is 0 Å². The minimum Gasteiger partial charge on any atom is -0.369 e. The maximum Gasteiger partial charge on any atom is 0.135 e. The van der Waals surface area contributed by atoms with Gasteiger partial charge in [-0.25, -0.2) is 4.98 Å². The van der Waals surface area contributed by atoms with Crippen molar-refractivity contribution < 1.29 is 0 Å². The van der Waals surface area contributed by atoms with Crippen molar-refractivity contribution >= 4 is 33.1 Å². The SMILES string of the molecule is Cc1ccc2c(n1)NCC/C2=N\Nc1ccc(Br)cc1. The molecule has 3 rings (SSSR count). The summed E-state index contributed by atoms with van der Waals surface area (Å²) in [6.07, 6.45) is 0.890. The maximum atomic E-state index is 4.53. The number of halogens is 1. The fourth-order valence-corrected chi connectivity index (χ4v) is 2.40. The lowest BCUT2D eigenvalue weighted by Gasteiger charge is -2.19. The number of rotatable bonds is 2. The number of hydrogen-bond acceptors (Lipinski definition) is 4. The van der Waals surface area contributed by atoms with Gasteiger partial charge in [-0.15, -0.1) is 0 Å². The molecule has 2 N–H and O–H groups in total. The smallest absolute Gasteiger partial charge is 0.135 e. The Labute approximate surface area is 126 Å². The molecule has 0 atom stereocenters. The second kappa shape index (κ2) is 5.63. The zero-order chi connectivity index (χ0) is 13.9. The van der Waals surface area contributed by atoms with Crippen molar-refractivity contribution in [2.45, 2.75) is 13.3 Å². The number of aromatic nitrogens is 1. The van der Waals surface area contributed by atoms with Gasteiger partial charge in [0, 0.05) is 28.7 Å². The fraction of sp³-hybridized carbons (Fsp3) is 0.200. The normalized spacial score (nSPS) is 15.6. The van der Waals surface area contributed by atoms with Crippen LogP contribution in [0.5, 0.6) is 0 Å². The highest BCUT2D eigenvalue weighted by atomic mass is 79.9. The van der Waals surface area contributed by atoms with E-state index in [0.717, 1.165) is 45.9 Å². The third-order valence-electron chi connectivity index (χ3n) is 3.16. The van der Waals surface area contributed by atoms with Crippen LogP contribution in [0.15, 0.2) is 46.0 Å². The lowest BCUT2D eigenvalue weighted by atomic mass is 10.0. The van der Waals surface area contributed by atoms with Crippen LogP contribution in [0.25, 0.3) is 0 Å². The molecule has 4 nitrogen and oxygen atoms in total. The Morgan fingerprint density at radius 1 is 1.20 bits per heavy atom. The highest BCUT2D eigenvalue weighted by Crippen LogP contribution is 2.21. The summed E-state index contributed by atoms with van der Waals surface area (Å²) >= 11 is 3.42. The van der Waals surface area contributed by atoms with Gasteiger partial charge < -0.3 is 5.32 Å². The standard InChI is InChI=1S/C15H15BrN4/c1-10-2-7-13-14(8-9-17-15(13)18-10)20-19-12-5-3-11(16)4-6-12/h2-7,19H,8-9H2,1H3,(H,17,18)/b20-14+. The van der Waals surface area contributed by atoms with Crippen molar-refractivity contribution in [1.29, 1.82) is 0 Å².